The number of likely N-dealkylation sites (N-methyl/N-ethyl adjacent to an activating group) is 1. The number of rotatable bonds is 3. The highest BCUT2D eigenvalue weighted by Crippen LogP contribution is 2.18. The summed E-state index contributed by atoms with van der Waals surface area (Å²) in [6, 6.07) is 7.55. The lowest BCUT2D eigenvalue weighted by atomic mass is 10.0. The van der Waals surface area contributed by atoms with Crippen molar-refractivity contribution >= 4 is 21.7 Å². The van der Waals surface area contributed by atoms with Crippen LogP contribution in [-0.2, 0) is 4.79 Å². The van der Waals surface area contributed by atoms with Crippen LogP contribution in [0.5, 0.6) is 0 Å². The van der Waals surface area contributed by atoms with Crippen molar-refractivity contribution in [2.45, 2.75) is 13.0 Å². The van der Waals surface area contributed by atoms with Crippen LogP contribution in [0.15, 0.2) is 28.7 Å². The number of hydrogen-bond acceptors (Lipinski definition) is 2. The predicted octanol–water partition coefficient (Wildman–Crippen LogP) is 2.30. The average Bonchev–Trinajstić information content (AvgIpc) is 2.04. The van der Waals surface area contributed by atoms with E-state index in [1.165, 1.54) is 0 Å². The van der Waals surface area contributed by atoms with E-state index in [2.05, 4.69) is 21.2 Å². The molecule has 1 aromatic carbocycles. The van der Waals surface area contributed by atoms with E-state index in [0.717, 1.165) is 10.0 Å². The second-order valence-electron chi connectivity index (χ2n) is 2.89. The van der Waals surface area contributed by atoms with Crippen molar-refractivity contribution in [3.63, 3.8) is 0 Å². The molecule has 0 bridgehead atoms. The minimum absolute atomic E-state index is 0.126. The molecule has 0 heterocycles. The van der Waals surface area contributed by atoms with Crippen LogP contribution in [-0.4, -0.2) is 12.8 Å². The Bertz CT molecular complexity index is 312. The van der Waals surface area contributed by atoms with Crippen molar-refractivity contribution in [3.8, 4) is 0 Å². The largest absolute Gasteiger partial charge is 0.307 e. The molecule has 70 valence electrons. The Morgan fingerprint density at radius 3 is 2.69 bits per heavy atom. The van der Waals surface area contributed by atoms with Crippen molar-refractivity contribution in [2.24, 2.45) is 0 Å². The van der Waals surface area contributed by atoms with Gasteiger partial charge in [-0.05, 0) is 31.7 Å². The Hall–Kier alpha value is -0.670. The minimum Gasteiger partial charge on any atom is -0.307 e. The fourth-order valence-electron chi connectivity index (χ4n) is 1.29. The van der Waals surface area contributed by atoms with Crippen molar-refractivity contribution in [1.29, 1.82) is 0 Å². The van der Waals surface area contributed by atoms with E-state index in [9.17, 15) is 4.79 Å². The van der Waals surface area contributed by atoms with Crippen molar-refractivity contribution in [2.75, 3.05) is 7.05 Å². The second-order valence-corrected chi connectivity index (χ2v) is 3.80. The molecule has 0 aromatic heterocycles. The first kappa shape index (κ1) is 10.4. The SMILES string of the molecule is CNC(C(C)=O)c1cccc(Br)c1. The van der Waals surface area contributed by atoms with E-state index in [4.69, 9.17) is 0 Å². The van der Waals surface area contributed by atoms with Gasteiger partial charge in [-0.25, -0.2) is 0 Å². The second kappa shape index (κ2) is 4.53. The topological polar surface area (TPSA) is 29.1 Å². The molecule has 1 rings (SSSR count). The maximum Gasteiger partial charge on any atom is 0.151 e. The smallest absolute Gasteiger partial charge is 0.151 e. The molecule has 3 heteroatoms. The van der Waals surface area contributed by atoms with Gasteiger partial charge in [0.05, 0.1) is 6.04 Å². The van der Waals surface area contributed by atoms with E-state index in [-0.39, 0.29) is 11.8 Å². The Balaban J connectivity index is 2.98. The fraction of sp³-hybridized carbons (Fsp3) is 0.300. The number of hydrogen-bond donors (Lipinski definition) is 1. The van der Waals surface area contributed by atoms with E-state index in [1.54, 1.807) is 14.0 Å². The summed E-state index contributed by atoms with van der Waals surface area (Å²) in [6.07, 6.45) is 0. The molecule has 1 aromatic rings. The number of nitrogens with one attached hydrogen (secondary N) is 1. The highest BCUT2D eigenvalue weighted by Gasteiger charge is 2.13. The molecule has 1 atom stereocenters. The van der Waals surface area contributed by atoms with E-state index in [1.807, 2.05) is 24.3 Å². The van der Waals surface area contributed by atoms with Gasteiger partial charge in [0.15, 0.2) is 5.78 Å². The summed E-state index contributed by atoms with van der Waals surface area (Å²) in [6.45, 7) is 1.59. The number of carbonyl (C=O) groups is 1. The van der Waals surface area contributed by atoms with Crippen LogP contribution in [0.25, 0.3) is 0 Å². The normalized spacial score (nSPS) is 12.5. The molecule has 0 spiro atoms. The molecule has 0 fully saturated rings. The molecule has 2 nitrogen and oxygen atoms in total. The summed E-state index contributed by atoms with van der Waals surface area (Å²) in [5.41, 5.74) is 0.990. The van der Waals surface area contributed by atoms with Gasteiger partial charge in [0.1, 0.15) is 0 Å². The summed E-state index contributed by atoms with van der Waals surface area (Å²) in [5, 5.41) is 2.97. The lowest BCUT2D eigenvalue weighted by molar-refractivity contribution is -0.119. The summed E-state index contributed by atoms with van der Waals surface area (Å²) in [7, 11) is 1.78. The third-order valence-corrected chi connectivity index (χ3v) is 2.37. The lowest BCUT2D eigenvalue weighted by Gasteiger charge is -2.12. The molecule has 0 aliphatic rings. The predicted molar refractivity (Wildman–Crippen MR) is 56.6 cm³/mol. The molecule has 0 aliphatic carbocycles. The lowest BCUT2D eigenvalue weighted by Crippen LogP contribution is -2.23. The Kier molecular flexibility index (Phi) is 3.63. The van der Waals surface area contributed by atoms with Crippen LogP contribution in [0.4, 0.5) is 0 Å². The van der Waals surface area contributed by atoms with Crippen molar-refractivity contribution < 1.29 is 4.79 Å². The quantitative estimate of drug-likeness (QED) is 0.881. The number of benzene rings is 1. The molecule has 0 saturated heterocycles. The van der Waals surface area contributed by atoms with Crippen LogP contribution < -0.4 is 5.32 Å². The van der Waals surface area contributed by atoms with Gasteiger partial charge in [0, 0.05) is 4.47 Å². The van der Waals surface area contributed by atoms with E-state index in [0.29, 0.717) is 0 Å². The van der Waals surface area contributed by atoms with Crippen LogP contribution in [0.2, 0.25) is 0 Å². The van der Waals surface area contributed by atoms with Crippen molar-refractivity contribution in [1.82, 2.24) is 5.32 Å². The van der Waals surface area contributed by atoms with Crippen LogP contribution in [0, 0.1) is 0 Å². The standard InChI is InChI=1S/C10H12BrNO/c1-7(13)10(12-2)8-4-3-5-9(11)6-8/h3-6,10,12H,1-2H3. The monoisotopic (exact) mass is 241 g/mol. The zero-order valence-corrected chi connectivity index (χ0v) is 9.26. The molecule has 13 heavy (non-hydrogen) atoms. The van der Waals surface area contributed by atoms with Crippen LogP contribution in [0.1, 0.15) is 18.5 Å². The zero-order chi connectivity index (χ0) is 9.84. The summed E-state index contributed by atoms with van der Waals surface area (Å²) in [4.78, 5) is 11.2. The highest BCUT2D eigenvalue weighted by molar-refractivity contribution is 9.10. The molecule has 1 unspecified atom stereocenters. The number of halogens is 1. The average molecular weight is 242 g/mol. The molecule has 0 amide bonds. The van der Waals surface area contributed by atoms with Gasteiger partial charge in [-0.2, -0.15) is 0 Å². The summed E-state index contributed by atoms with van der Waals surface area (Å²) < 4.78 is 0.992. The Labute approximate surface area is 86.5 Å². The van der Waals surface area contributed by atoms with Gasteiger partial charge >= 0.3 is 0 Å². The van der Waals surface area contributed by atoms with Crippen LogP contribution in [0.3, 0.4) is 0 Å². The number of Topliss-reactive ketones (excluding diaryl/α,β-unsaturated/α-hetero) is 1. The maximum absolute atomic E-state index is 11.2. The Morgan fingerprint density at radius 2 is 2.23 bits per heavy atom. The molecular weight excluding hydrogens is 230 g/mol. The Morgan fingerprint density at radius 1 is 1.54 bits per heavy atom. The van der Waals surface area contributed by atoms with Gasteiger partial charge in [-0.15, -0.1) is 0 Å². The van der Waals surface area contributed by atoms with E-state index < -0.39 is 0 Å². The highest BCUT2D eigenvalue weighted by atomic mass is 79.9. The van der Waals surface area contributed by atoms with Gasteiger partial charge < -0.3 is 5.32 Å². The van der Waals surface area contributed by atoms with Gasteiger partial charge in [0.2, 0.25) is 0 Å². The van der Waals surface area contributed by atoms with Crippen LogP contribution >= 0.6 is 15.9 Å². The summed E-state index contributed by atoms with van der Waals surface area (Å²) in [5.74, 6) is 0.126. The maximum atomic E-state index is 11.2. The van der Waals surface area contributed by atoms with Gasteiger partial charge in [-0.1, -0.05) is 28.1 Å². The third kappa shape index (κ3) is 2.64. The molecular formula is C10H12BrNO. The molecule has 0 saturated carbocycles. The zero-order valence-electron chi connectivity index (χ0n) is 7.67. The molecule has 0 radical (unpaired) electrons. The first-order chi connectivity index (χ1) is 6.15. The fourth-order valence-corrected chi connectivity index (χ4v) is 1.71. The number of carbonyl (C=O) groups excluding carboxylic acids is 1. The van der Waals surface area contributed by atoms with Gasteiger partial charge in [0.25, 0.3) is 0 Å². The third-order valence-electron chi connectivity index (χ3n) is 1.88. The number of ketones is 1. The van der Waals surface area contributed by atoms with E-state index >= 15 is 0 Å². The van der Waals surface area contributed by atoms with Crippen molar-refractivity contribution in [3.05, 3.63) is 34.3 Å². The summed E-state index contributed by atoms with van der Waals surface area (Å²) >= 11 is 3.37. The minimum atomic E-state index is -0.197. The van der Waals surface area contributed by atoms with Gasteiger partial charge in [-0.3, -0.25) is 4.79 Å². The molecule has 0 aliphatic heterocycles. The molecule has 1 N–H and O–H groups in total. The first-order valence-corrected chi connectivity index (χ1v) is 4.87. The first-order valence-electron chi connectivity index (χ1n) is 4.08.